The van der Waals surface area contributed by atoms with E-state index in [4.69, 9.17) is 11.6 Å². The molecular weight excluding hydrogens is 168 g/mol. The Bertz CT molecular complexity index is 185. The van der Waals surface area contributed by atoms with Crippen molar-refractivity contribution in [1.29, 1.82) is 0 Å². The maximum absolute atomic E-state index is 5.87. The van der Waals surface area contributed by atoms with E-state index in [-0.39, 0.29) is 0 Å². The molecule has 0 heterocycles. The Kier molecular flexibility index (Phi) is 6.88. The van der Waals surface area contributed by atoms with Gasteiger partial charge in [-0.2, -0.15) is 0 Å². The molecule has 0 fully saturated rings. The maximum Gasteiger partial charge on any atom is 0.0402 e. The SMILES string of the molecule is C\C=C/C=C(Cl)\C=C/CC(C)C. The van der Waals surface area contributed by atoms with Crippen molar-refractivity contribution in [2.24, 2.45) is 5.92 Å². The van der Waals surface area contributed by atoms with Crippen molar-refractivity contribution in [1.82, 2.24) is 0 Å². The van der Waals surface area contributed by atoms with Gasteiger partial charge >= 0.3 is 0 Å². The first-order valence-corrected chi connectivity index (χ1v) is 4.69. The summed E-state index contributed by atoms with van der Waals surface area (Å²) in [5, 5.41) is 0.786. The highest BCUT2D eigenvalue weighted by Crippen LogP contribution is 2.06. The fraction of sp³-hybridized carbons (Fsp3) is 0.455. The lowest BCUT2D eigenvalue weighted by atomic mass is 10.1. The third kappa shape index (κ3) is 7.62. The zero-order chi connectivity index (χ0) is 9.40. The molecule has 0 rings (SSSR count). The predicted octanol–water partition coefficient (Wildman–Crippen LogP) is 4.29. The van der Waals surface area contributed by atoms with Gasteiger partial charge in [-0.15, -0.1) is 0 Å². The van der Waals surface area contributed by atoms with Gasteiger partial charge in [0.05, 0.1) is 0 Å². The molecule has 0 aromatic rings. The smallest absolute Gasteiger partial charge is 0.0402 e. The van der Waals surface area contributed by atoms with Crippen LogP contribution in [-0.2, 0) is 0 Å². The molecule has 0 spiro atoms. The van der Waals surface area contributed by atoms with E-state index in [0.717, 1.165) is 11.5 Å². The summed E-state index contributed by atoms with van der Waals surface area (Å²) in [6.07, 6.45) is 10.9. The molecular formula is C11H17Cl. The molecule has 0 N–H and O–H groups in total. The molecule has 0 aromatic carbocycles. The minimum Gasteiger partial charge on any atom is -0.0876 e. The van der Waals surface area contributed by atoms with E-state index in [1.54, 1.807) is 0 Å². The number of halogens is 1. The molecule has 0 nitrogen and oxygen atoms in total. The van der Waals surface area contributed by atoms with Crippen LogP contribution in [0.3, 0.4) is 0 Å². The quantitative estimate of drug-likeness (QED) is 0.572. The van der Waals surface area contributed by atoms with Crippen LogP contribution in [0.25, 0.3) is 0 Å². The number of allylic oxidation sites excluding steroid dienone is 6. The minimum atomic E-state index is 0.701. The van der Waals surface area contributed by atoms with Crippen LogP contribution in [0.15, 0.2) is 35.4 Å². The van der Waals surface area contributed by atoms with Crippen LogP contribution in [0, 0.1) is 5.92 Å². The lowest BCUT2D eigenvalue weighted by Gasteiger charge is -1.95. The van der Waals surface area contributed by atoms with E-state index >= 15 is 0 Å². The van der Waals surface area contributed by atoms with Gasteiger partial charge < -0.3 is 0 Å². The van der Waals surface area contributed by atoms with Crippen LogP contribution in [0.4, 0.5) is 0 Å². The Morgan fingerprint density at radius 2 is 2.08 bits per heavy atom. The zero-order valence-electron chi connectivity index (χ0n) is 8.05. The Labute approximate surface area is 80.6 Å². The first kappa shape index (κ1) is 11.5. The van der Waals surface area contributed by atoms with Crippen molar-refractivity contribution in [3.8, 4) is 0 Å². The molecule has 0 unspecified atom stereocenters. The predicted molar refractivity (Wildman–Crippen MR) is 57.3 cm³/mol. The maximum atomic E-state index is 5.87. The third-order valence-corrected chi connectivity index (χ3v) is 1.58. The van der Waals surface area contributed by atoms with Crippen molar-refractivity contribution in [3.63, 3.8) is 0 Å². The van der Waals surface area contributed by atoms with E-state index in [0.29, 0.717) is 5.92 Å². The molecule has 0 aromatic heterocycles. The first-order valence-electron chi connectivity index (χ1n) is 4.31. The highest BCUT2D eigenvalue weighted by Gasteiger charge is 1.87. The van der Waals surface area contributed by atoms with Crippen LogP contribution in [0.1, 0.15) is 27.2 Å². The summed E-state index contributed by atoms with van der Waals surface area (Å²) >= 11 is 5.87. The third-order valence-electron chi connectivity index (χ3n) is 1.33. The van der Waals surface area contributed by atoms with E-state index in [1.807, 2.05) is 31.2 Å². The molecule has 1 heteroatoms. The Hall–Kier alpha value is -0.490. The lowest BCUT2D eigenvalue weighted by Crippen LogP contribution is -1.80. The summed E-state index contributed by atoms with van der Waals surface area (Å²) in [4.78, 5) is 0. The van der Waals surface area contributed by atoms with Crippen LogP contribution in [-0.4, -0.2) is 0 Å². The van der Waals surface area contributed by atoms with Crippen LogP contribution in [0.5, 0.6) is 0 Å². The fourth-order valence-corrected chi connectivity index (χ4v) is 0.858. The van der Waals surface area contributed by atoms with Crippen molar-refractivity contribution < 1.29 is 0 Å². The molecule has 68 valence electrons. The van der Waals surface area contributed by atoms with Gasteiger partial charge in [-0.05, 0) is 31.4 Å². The van der Waals surface area contributed by atoms with Crippen molar-refractivity contribution in [3.05, 3.63) is 35.4 Å². The summed E-state index contributed by atoms with van der Waals surface area (Å²) in [5.41, 5.74) is 0. The number of hydrogen-bond acceptors (Lipinski definition) is 0. The van der Waals surface area contributed by atoms with Gasteiger partial charge in [-0.25, -0.2) is 0 Å². The zero-order valence-corrected chi connectivity index (χ0v) is 8.81. The lowest BCUT2D eigenvalue weighted by molar-refractivity contribution is 0.664. The van der Waals surface area contributed by atoms with Gasteiger partial charge in [0.25, 0.3) is 0 Å². The molecule has 0 atom stereocenters. The van der Waals surface area contributed by atoms with Crippen LogP contribution in [0.2, 0.25) is 0 Å². The second-order valence-corrected chi connectivity index (χ2v) is 3.55. The highest BCUT2D eigenvalue weighted by molar-refractivity contribution is 6.31. The molecule has 0 saturated carbocycles. The second kappa shape index (κ2) is 7.17. The Morgan fingerprint density at radius 1 is 1.42 bits per heavy atom. The van der Waals surface area contributed by atoms with Crippen molar-refractivity contribution in [2.75, 3.05) is 0 Å². The molecule has 12 heavy (non-hydrogen) atoms. The molecule has 0 amide bonds. The van der Waals surface area contributed by atoms with Crippen LogP contribution < -0.4 is 0 Å². The Morgan fingerprint density at radius 3 is 2.58 bits per heavy atom. The summed E-state index contributed by atoms with van der Waals surface area (Å²) in [6, 6.07) is 0. The molecule has 0 aliphatic heterocycles. The minimum absolute atomic E-state index is 0.701. The van der Waals surface area contributed by atoms with Crippen molar-refractivity contribution in [2.45, 2.75) is 27.2 Å². The summed E-state index contributed by atoms with van der Waals surface area (Å²) < 4.78 is 0. The Balaban J connectivity index is 3.82. The topological polar surface area (TPSA) is 0 Å². The van der Waals surface area contributed by atoms with Crippen molar-refractivity contribution >= 4 is 11.6 Å². The summed E-state index contributed by atoms with van der Waals surface area (Å²) in [6.45, 7) is 6.35. The number of hydrogen-bond donors (Lipinski definition) is 0. The van der Waals surface area contributed by atoms with Gasteiger partial charge in [0.15, 0.2) is 0 Å². The van der Waals surface area contributed by atoms with E-state index in [9.17, 15) is 0 Å². The van der Waals surface area contributed by atoms with Crippen LogP contribution >= 0.6 is 11.6 Å². The highest BCUT2D eigenvalue weighted by atomic mass is 35.5. The first-order chi connectivity index (χ1) is 5.66. The monoisotopic (exact) mass is 184 g/mol. The van der Waals surface area contributed by atoms with Gasteiger partial charge in [0.1, 0.15) is 0 Å². The van der Waals surface area contributed by atoms with E-state index < -0.39 is 0 Å². The van der Waals surface area contributed by atoms with Gasteiger partial charge in [0, 0.05) is 5.03 Å². The average Bonchev–Trinajstić information content (AvgIpc) is 2.00. The van der Waals surface area contributed by atoms with E-state index in [2.05, 4.69) is 19.9 Å². The largest absolute Gasteiger partial charge is 0.0876 e. The normalized spacial score (nSPS) is 13.9. The standard InChI is InChI=1S/C11H17Cl/c1-4-5-8-11(12)9-6-7-10(2)3/h4-6,8-10H,7H2,1-3H3/b5-4-,9-6-,11-8+. The van der Waals surface area contributed by atoms with E-state index in [1.165, 1.54) is 0 Å². The second-order valence-electron chi connectivity index (χ2n) is 3.11. The molecule has 0 aliphatic carbocycles. The molecule has 0 radical (unpaired) electrons. The summed E-state index contributed by atoms with van der Waals surface area (Å²) in [7, 11) is 0. The molecule has 0 saturated heterocycles. The van der Waals surface area contributed by atoms with Gasteiger partial charge in [-0.3, -0.25) is 0 Å². The van der Waals surface area contributed by atoms with Gasteiger partial charge in [0.2, 0.25) is 0 Å². The van der Waals surface area contributed by atoms with Gasteiger partial charge in [-0.1, -0.05) is 43.7 Å². The number of rotatable bonds is 4. The molecule has 0 bridgehead atoms. The average molecular weight is 185 g/mol. The molecule has 0 aliphatic rings. The summed E-state index contributed by atoms with van der Waals surface area (Å²) in [5.74, 6) is 0.701. The fourth-order valence-electron chi connectivity index (χ4n) is 0.696.